The van der Waals surface area contributed by atoms with Crippen LogP contribution < -0.4 is 5.32 Å². The first-order valence-electron chi connectivity index (χ1n) is 5.80. The minimum atomic E-state index is -0.348. The van der Waals surface area contributed by atoms with E-state index in [1.165, 1.54) is 11.3 Å². The molecule has 1 aromatic carbocycles. The average molecular weight is 297 g/mol. The first-order chi connectivity index (χ1) is 9.08. The van der Waals surface area contributed by atoms with Gasteiger partial charge in [0.2, 0.25) is 0 Å². The van der Waals surface area contributed by atoms with Gasteiger partial charge in [0, 0.05) is 17.0 Å². The van der Waals surface area contributed by atoms with Crippen LogP contribution in [0.15, 0.2) is 30.3 Å². The van der Waals surface area contributed by atoms with Gasteiger partial charge in [-0.05, 0) is 31.5 Å². The molecule has 0 bridgehead atoms. The van der Waals surface area contributed by atoms with Gasteiger partial charge in [0.15, 0.2) is 0 Å². The maximum absolute atomic E-state index is 11.0. The van der Waals surface area contributed by atoms with Crippen molar-refractivity contribution in [1.82, 2.24) is 0 Å². The molecule has 100 valence electrons. The van der Waals surface area contributed by atoms with Gasteiger partial charge in [0.05, 0.1) is 9.26 Å². The Morgan fingerprint density at radius 1 is 1.37 bits per heavy atom. The zero-order valence-corrected chi connectivity index (χ0v) is 11.9. The molecule has 0 spiro atoms. The van der Waals surface area contributed by atoms with Crippen molar-refractivity contribution in [3.8, 4) is 0 Å². The number of nitro groups is 1. The minimum absolute atomic E-state index is 0.145. The third-order valence-electron chi connectivity index (χ3n) is 2.74. The minimum Gasteiger partial charge on any atom is -0.379 e. The number of anilines is 1. The lowest BCUT2D eigenvalue weighted by atomic mass is 10.1. The predicted octanol–water partition coefficient (Wildman–Crippen LogP) is 4.27. The Morgan fingerprint density at radius 2 is 2.16 bits per heavy atom. The van der Waals surface area contributed by atoms with Crippen molar-refractivity contribution in [3.63, 3.8) is 0 Å². The summed E-state index contributed by atoms with van der Waals surface area (Å²) in [5.41, 5.74) is 1.37. The van der Waals surface area contributed by atoms with Crippen molar-refractivity contribution in [1.29, 1.82) is 0 Å². The van der Waals surface area contributed by atoms with E-state index in [1.54, 1.807) is 19.1 Å². The van der Waals surface area contributed by atoms with E-state index < -0.39 is 0 Å². The van der Waals surface area contributed by atoms with Gasteiger partial charge in [0.1, 0.15) is 5.69 Å². The SMILES string of the molecule is Cc1cccc(NCCc2ccc(Cl)s2)c1[N+](=O)[O-]. The summed E-state index contributed by atoms with van der Waals surface area (Å²) in [4.78, 5) is 11.8. The fourth-order valence-corrected chi connectivity index (χ4v) is 2.94. The molecule has 1 N–H and O–H groups in total. The number of benzene rings is 1. The van der Waals surface area contributed by atoms with Crippen LogP contribution in [0.2, 0.25) is 4.34 Å². The standard InChI is InChI=1S/C13H13ClN2O2S/c1-9-3-2-4-11(13(9)16(17)18)15-8-7-10-5-6-12(14)19-10/h2-6,15H,7-8H2,1H3. The molecule has 0 aliphatic heterocycles. The van der Waals surface area contributed by atoms with Gasteiger partial charge in [-0.25, -0.2) is 0 Å². The molecular formula is C13H13ClN2O2S. The van der Waals surface area contributed by atoms with Crippen LogP contribution in [0, 0.1) is 17.0 Å². The van der Waals surface area contributed by atoms with Gasteiger partial charge in [-0.3, -0.25) is 10.1 Å². The number of nitrogens with one attached hydrogen (secondary N) is 1. The van der Waals surface area contributed by atoms with Gasteiger partial charge in [-0.2, -0.15) is 0 Å². The smallest absolute Gasteiger partial charge is 0.295 e. The van der Waals surface area contributed by atoms with Crippen molar-refractivity contribution in [2.75, 3.05) is 11.9 Å². The second kappa shape index (κ2) is 6.04. The molecule has 0 unspecified atom stereocenters. The maximum atomic E-state index is 11.0. The lowest BCUT2D eigenvalue weighted by Gasteiger charge is -2.07. The molecule has 2 rings (SSSR count). The highest BCUT2D eigenvalue weighted by molar-refractivity contribution is 7.16. The average Bonchev–Trinajstić information content (AvgIpc) is 2.74. The van der Waals surface area contributed by atoms with Crippen LogP contribution in [-0.4, -0.2) is 11.5 Å². The zero-order valence-electron chi connectivity index (χ0n) is 10.4. The molecule has 0 fully saturated rings. The summed E-state index contributed by atoms with van der Waals surface area (Å²) in [5, 5.41) is 14.1. The number of thiophene rings is 1. The molecule has 2 aromatic rings. The predicted molar refractivity (Wildman–Crippen MR) is 79.4 cm³/mol. The summed E-state index contributed by atoms with van der Waals surface area (Å²) >= 11 is 7.38. The number of rotatable bonds is 5. The normalized spacial score (nSPS) is 10.4. The Kier molecular flexibility index (Phi) is 4.39. The first kappa shape index (κ1) is 13.8. The van der Waals surface area contributed by atoms with Crippen LogP contribution in [0.5, 0.6) is 0 Å². The highest BCUT2D eigenvalue weighted by Crippen LogP contribution is 2.28. The van der Waals surface area contributed by atoms with E-state index in [9.17, 15) is 10.1 Å². The van der Waals surface area contributed by atoms with Crippen molar-refractivity contribution < 1.29 is 4.92 Å². The highest BCUT2D eigenvalue weighted by Gasteiger charge is 2.16. The molecule has 6 heteroatoms. The third kappa shape index (κ3) is 3.45. The monoisotopic (exact) mass is 296 g/mol. The zero-order chi connectivity index (χ0) is 13.8. The van der Waals surface area contributed by atoms with E-state index in [-0.39, 0.29) is 10.6 Å². The second-order valence-corrected chi connectivity index (χ2v) is 5.91. The van der Waals surface area contributed by atoms with Gasteiger partial charge in [-0.15, -0.1) is 11.3 Å². The van der Waals surface area contributed by atoms with Crippen molar-refractivity contribution >= 4 is 34.3 Å². The number of nitro benzene ring substituents is 1. The molecular weight excluding hydrogens is 284 g/mol. The van der Waals surface area contributed by atoms with Crippen LogP contribution in [0.4, 0.5) is 11.4 Å². The summed E-state index contributed by atoms with van der Waals surface area (Å²) < 4.78 is 0.761. The highest BCUT2D eigenvalue weighted by atomic mass is 35.5. The van der Waals surface area contributed by atoms with Crippen molar-refractivity contribution in [3.05, 3.63) is 55.2 Å². The van der Waals surface area contributed by atoms with Crippen LogP contribution in [0.25, 0.3) is 0 Å². The van der Waals surface area contributed by atoms with Crippen LogP contribution in [0.3, 0.4) is 0 Å². The largest absolute Gasteiger partial charge is 0.379 e. The molecule has 0 radical (unpaired) electrons. The fourth-order valence-electron chi connectivity index (χ4n) is 1.85. The number of aryl methyl sites for hydroxylation is 1. The van der Waals surface area contributed by atoms with Crippen LogP contribution >= 0.6 is 22.9 Å². The number of hydrogen-bond acceptors (Lipinski definition) is 4. The lowest BCUT2D eigenvalue weighted by Crippen LogP contribution is -2.06. The Bertz CT molecular complexity index is 598. The Hall–Kier alpha value is -1.59. The molecule has 0 aliphatic rings. The molecule has 0 aliphatic carbocycles. The van der Waals surface area contributed by atoms with E-state index in [0.717, 1.165) is 15.6 Å². The lowest BCUT2D eigenvalue weighted by molar-refractivity contribution is -0.384. The quantitative estimate of drug-likeness (QED) is 0.662. The van der Waals surface area contributed by atoms with Crippen LogP contribution in [-0.2, 0) is 6.42 Å². The second-order valence-electron chi connectivity index (χ2n) is 4.11. The van der Waals surface area contributed by atoms with Crippen molar-refractivity contribution in [2.24, 2.45) is 0 Å². The molecule has 19 heavy (non-hydrogen) atoms. The Balaban J connectivity index is 2.03. The van der Waals surface area contributed by atoms with Crippen molar-refractivity contribution in [2.45, 2.75) is 13.3 Å². The molecule has 4 nitrogen and oxygen atoms in total. The van der Waals surface area contributed by atoms with Gasteiger partial charge in [0.25, 0.3) is 5.69 Å². The Morgan fingerprint density at radius 3 is 2.79 bits per heavy atom. The molecule has 0 saturated carbocycles. The molecule has 0 atom stereocenters. The number of halogens is 1. The van der Waals surface area contributed by atoms with E-state index in [2.05, 4.69) is 5.32 Å². The Labute approximate surface area is 120 Å². The van der Waals surface area contributed by atoms with Gasteiger partial charge >= 0.3 is 0 Å². The number of para-hydroxylation sites is 1. The number of nitrogens with zero attached hydrogens (tertiary/aromatic N) is 1. The molecule has 1 heterocycles. The van der Waals surface area contributed by atoms with E-state index in [1.807, 2.05) is 18.2 Å². The summed E-state index contributed by atoms with van der Waals surface area (Å²) in [7, 11) is 0. The summed E-state index contributed by atoms with van der Waals surface area (Å²) in [6.45, 7) is 2.38. The first-order valence-corrected chi connectivity index (χ1v) is 6.99. The summed E-state index contributed by atoms with van der Waals surface area (Å²) in [6, 6.07) is 9.11. The van der Waals surface area contributed by atoms with Gasteiger partial charge < -0.3 is 5.32 Å². The molecule has 1 aromatic heterocycles. The summed E-state index contributed by atoms with van der Waals surface area (Å²) in [5.74, 6) is 0. The molecule has 0 amide bonds. The summed E-state index contributed by atoms with van der Waals surface area (Å²) in [6.07, 6.45) is 0.794. The molecule has 0 saturated heterocycles. The fraction of sp³-hybridized carbons (Fsp3) is 0.231. The van der Waals surface area contributed by atoms with Crippen LogP contribution in [0.1, 0.15) is 10.4 Å². The topological polar surface area (TPSA) is 55.2 Å². The third-order valence-corrected chi connectivity index (χ3v) is 4.03. The maximum Gasteiger partial charge on any atom is 0.295 e. The van der Waals surface area contributed by atoms with E-state index in [0.29, 0.717) is 17.8 Å². The van der Waals surface area contributed by atoms with E-state index in [4.69, 9.17) is 11.6 Å². The van der Waals surface area contributed by atoms with E-state index >= 15 is 0 Å². The van der Waals surface area contributed by atoms with Gasteiger partial charge in [-0.1, -0.05) is 23.7 Å². The number of hydrogen-bond donors (Lipinski definition) is 1.